The number of aliphatic hydroxyl groups excluding tert-OH is 1. The van der Waals surface area contributed by atoms with Gasteiger partial charge in [-0.25, -0.2) is 4.79 Å². The van der Waals surface area contributed by atoms with Crippen LogP contribution in [0.15, 0.2) is 18.2 Å². The van der Waals surface area contributed by atoms with Gasteiger partial charge in [0.1, 0.15) is 0 Å². The van der Waals surface area contributed by atoms with Crippen LogP contribution in [-0.4, -0.2) is 35.2 Å². The van der Waals surface area contributed by atoms with Gasteiger partial charge in [-0.3, -0.25) is 0 Å². The highest BCUT2D eigenvalue weighted by Crippen LogP contribution is 2.23. The first-order valence-electron chi connectivity index (χ1n) is 6.66. The van der Waals surface area contributed by atoms with Gasteiger partial charge in [-0.15, -0.1) is 0 Å². The monoisotopic (exact) mass is 318 g/mol. The number of rotatable bonds is 6. The van der Waals surface area contributed by atoms with Gasteiger partial charge in [-0.1, -0.05) is 37.0 Å². The van der Waals surface area contributed by atoms with E-state index < -0.39 is 0 Å². The van der Waals surface area contributed by atoms with E-state index in [1.807, 2.05) is 13.8 Å². The molecule has 112 valence electrons. The SMILES string of the molecule is CCC(CC)N(CCO)C(=O)Nc1cc(Cl)cc(Cl)c1. The molecule has 20 heavy (non-hydrogen) atoms. The maximum atomic E-state index is 12.3. The second kappa shape index (κ2) is 8.35. The van der Waals surface area contributed by atoms with Crippen molar-refractivity contribution in [3.63, 3.8) is 0 Å². The third-order valence-electron chi connectivity index (χ3n) is 3.10. The zero-order chi connectivity index (χ0) is 15.1. The maximum Gasteiger partial charge on any atom is 0.322 e. The molecule has 1 rings (SSSR count). The average Bonchev–Trinajstić information content (AvgIpc) is 2.37. The highest BCUT2D eigenvalue weighted by Gasteiger charge is 2.20. The van der Waals surface area contributed by atoms with Crippen LogP contribution in [0, 0.1) is 0 Å². The van der Waals surface area contributed by atoms with Gasteiger partial charge in [0.05, 0.1) is 6.61 Å². The van der Waals surface area contributed by atoms with Crippen molar-refractivity contribution in [2.24, 2.45) is 0 Å². The fourth-order valence-electron chi connectivity index (χ4n) is 2.11. The van der Waals surface area contributed by atoms with E-state index >= 15 is 0 Å². The minimum absolute atomic E-state index is 0.0692. The maximum absolute atomic E-state index is 12.3. The van der Waals surface area contributed by atoms with Crippen molar-refractivity contribution in [1.82, 2.24) is 4.90 Å². The van der Waals surface area contributed by atoms with Crippen molar-refractivity contribution in [2.45, 2.75) is 32.7 Å². The van der Waals surface area contributed by atoms with E-state index in [1.165, 1.54) is 0 Å². The second-order valence-electron chi connectivity index (χ2n) is 4.48. The number of carbonyl (C=O) groups is 1. The molecule has 0 spiro atoms. The molecule has 0 saturated heterocycles. The Hall–Kier alpha value is -0.970. The molecule has 0 heterocycles. The van der Waals surface area contributed by atoms with Crippen LogP contribution in [-0.2, 0) is 0 Å². The van der Waals surface area contributed by atoms with E-state index in [0.29, 0.717) is 22.3 Å². The van der Waals surface area contributed by atoms with Gasteiger partial charge in [0.15, 0.2) is 0 Å². The van der Waals surface area contributed by atoms with E-state index in [0.717, 1.165) is 12.8 Å². The highest BCUT2D eigenvalue weighted by molar-refractivity contribution is 6.35. The van der Waals surface area contributed by atoms with Crippen LogP contribution in [0.4, 0.5) is 10.5 Å². The summed E-state index contributed by atoms with van der Waals surface area (Å²) in [6.45, 7) is 4.26. The first-order valence-corrected chi connectivity index (χ1v) is 7.42. The van der Waals surface area contributed by atoms with Gasteiger partial charge in [0.2, 0.25) is 0 Å². The lowest BCUT2D eigenvalue weighted by atomic mass is 10.1. The van der Waals surface area contributed by atoms with Crippen LogP contribution in [0.3, 0.4) is 0 Å². The Kier molecular flexibility index (Phi) is 7.13. The molecule has 4 nitrogen and oxygen atoms in total. The summed E-state index contributed by atoms with van der Waals surface area (Å²) >= 11 is 11.8. The fraction of sp³-hybridized carbons (Fsp3) is 0.500. The van der Waals surface area contributed by atoms with Crippen molar-refractivity contribution < 1.29 is 9.90 Å². The van der Waals surface area contributed by atoms with Crippen LogP contribution < -0.4 is 5.32 Å². The van der Waals surface area contributed by atoms with E-state index in [-0.39, 0.29) is 18.7 Å². The number of aliphatic hydroxyl groups is 1. The Balaban J connectivity index is 2.84. The van der Waals surface area contributed by atoms with Gasteiger partial charge >= 0.3 is 6.03 Å². The zero-order valence-electron chi connectivity index (χ0n) is 11.7. The molecule has 0 aliphatic carbocycles. The molecular weight excluding hydrogens is 299 g/mol. The Morgan fingerprint density at radius 3 is 2.25 bits per heavy atom. The predicted molar refractivity (Wildman–Crippen MR) is 83.6 cm³/mol. The Labute approximate surface area is 129 Å². The molecule has 0 aliphatic heterocycles. The fourth-order valence-corrected chi connectivity index (χ4v) is 2.63. The predicted octanol–water partition coefficient (Wildman–Crippen LogP) is 4.01. The van der Waals surface area contributed by atoms with Gasteiger partial charge < -0.3 is 15.3 Å². The number of carbonyl (C=O) groups excluding carboxylic acids is 1. The van der Waals surface area contributed by atoms with Crippen molar-refractivity contribution in [3.8, 4) is 0 Å². The number of anilines is 1. The minimum atomic E-state index is -0.258. The van der Waals surface area contributed by atoms with Crippen LogP contribution in [0.5, 0.6) is 0 Å². The molecule has 0 aliphatic rings. The summed E-state index contributed by atoms with van der Waals surface area (Å²) in [6.07, 6.45) is 1.67. The lowest BCUT2D eigenvalue weighted by molar-refractivity contribution is 0.158. The Bertz CT molecular complexity index is 431. The quantitative estimate of drug-likeness (QED) is 0.832. The molecule has 2 N–H and O–H groups in total. The molecule has 0 aromatic heterocycles. The largest absolute Gasteiger partial charge is 0.395 e. The van der Waals surface area contributed by atoms with Crippen molar-refractivity contribution in [1.29, 1.82) is 0 Å². The number of benzene rings is 1. The van der Waals surface area contributed by atoms with Crippen molar-refractivity contribution in [2.75, 3.05) is 18.5 Å². The molecule has 0 radical (unpaired) electrons. The Morgan fingerprint density at radius 1 is 1.25 bits per heavy atom. The summed E-state index contributed by atoms with van der Waals surface area (Å²) < 4.78 is 0. The van der Waals surface area contributed by atoms with Crippen molar-refractivity contribution >= 4 is 34.9 Å². The molecule has 1 aromatic carbocycles. The third-order valence-corrected chi connectivity index (χ3v) is 3.54. The van der Waals surface area contributed by atoms with Crippen LogP contribution >= 0.6 is 23.2 Å². The smallest absolute Gasteiger partial charge is 0.322 e. The number of hydrogen-bond acceptors (Lipinski definition) is 2. The van der Waals surface area contributed by atoms with E-state index in [4.69, 9.17) is 28.3 Å². The minimum Gasteiger partial charge on any atom is -0.395 e. The number of amides is 2. The average molecular weight is 319 g/mol. The number of hydrogen-bond donors (Lipinski definition) is 2. The second-order valence-corrected chi connectivity index (χ2v) is 5.35. The molecule has 0 unspecified atom stereocenters. The molecule has 0 saturated carbocycles. The summed E-state index contributed by atoms with van der Waals surface area (Å²) in [5.74, 6) is 0. The molecule has 6 heteroatoms. The molecule has 0 bridgehead atoms. The van der Waals surface area contributed by atoms with Gasteiger partial charge in [-0.2, -0.15) is 0 Å². The third kappa shape index (κ3) is 4.85. The number of nitrogens with one attached hydrogen (secondary N) is 1. The molecule has 2 amide bonds. The van der Waals surface area contributed by atoms with Gasteiger partial charge in [0, 0.05) is 28.3 Å². The zero-order valence-corrected chi connectivity index (χ0v) is 13.2. The molecule has 0 atom stereocenters. The highest BCUT2D eigenvalue weighted by atomic mass is 35.5. The molecule has 1 aromatic rings. The lowest BCUT2D eigenvalue weighted by Crippen LogP contribution is -2.44. The van der Waals surface area contributed by atoms with Crippen LogP contribution in [0.1, 0.15) is 26.7 Å². The first kappa shape index (κ1) is 17.1. The summed E-state index contributed by atoms with van der Waals surface area (Å²) in [7, 11) is 0. The van der Waals surface area contributed by atoms with E-state index in [2.05, 4.69) is 5.32 Å². The summed E-state index contributed by atoms with van der Waals surface area (Å²) in [5.41, 5.74) is 0.543. The number of urea groups is 1. The van der Waals surface area contributed by atoms with Gasteiger partial charge in [0.25, 0.3) is 0 Å². The molecule has 0 fully saturated rings. The standard InChI is InChI=1S/C14H20Cl2N2O2/c1-3-13(4-2)18(5-6-19)14(20)17-12-8-10(15)7-11(16)9-12/h7-9,13,19H,3-6H2,1-2H3,(H,17,20). The van der Waals surface area contributed by atoms with Crippen molar-refractivity contribution in [3.05, 3.63) is 28.2 Å². The molecular formula is C14H20Cl2N2O2. The number of halogens is 2. The Morgan fingerprint density at radius 2 is 1.80 bits per heavy atom. The summed E-state index contributed by atoms with van der Waals surface area (Å²) in [5, 5.41) is 12.8. The summed E-state index contributed by atoms with van der Waals surface area (Å²) in [6, 6.07) is 4.71. The van der Waals surface area contributed by atoms with E-state index in [9.17, 15) is 4.79 Å². The summed E-state index contributed by atoms with van der Waals surface area (Å²) in [4.78, 5) is 13.9. The number of nitrogens with zero attached hydrogens (tertiary/aromatic N) is 1. The first-order chi connectivity index (χ1) is 9.51. The van der Waals surface area contributed by atoms with E-state index in [1.54, 1.807) is 23.1 Å². The van der Waals surface area contributed by atoms with Crippen LogP contribution in [0.25, 0.3) is 0 Å². The topological polar surface area (TPSA) is 52.6 Å². The van der Waals surface area contributed by atoms with Crippen LogP contribution in [0.2, 0.25) is 10.0 Å². The van der Waals surface area contributed by atoms with Gasteiger partial charge in [-0.05, 0) is 31.0 Å². The lowest BCUT2D eigenvalue weighted by Gasteiger charge is -2.30. The normalized spacial score (nSPS) is 10.7.